The Kier molecular flexibility index (Phi) is 3.72. The average Bonchev–Trinajstić information content (AvgIpc) is 2.81. The molecule has 0 radical (unpaired) electrons. The molecule has 1 fully saturated rings. The summed E-state index contributed by atoms with van der Waals surface area (Å²) in [6.45, 7) is 0.930. The highest BCUT2D eigenvalue weighted by Crippen LogP contribution is 2.17. The first-order valence-corrected chi connectivity index (χ1v) is 5.53. The molecule has 0 bridgehead atoms. The number of hydrogen-bond donors (Lipinski definition) is 0. The van der Waals surface area contributed by atoms with Gasteiger partial charge in [0, 0.05) is 6.04 Å². The van der Waals surface area contributed by atoms with Gasteiger partial charge in [-0.2, -0.15) is 0 Å². The molecule has 1 aliphatic rings. The fourth-order valence-electron chi connectivity index (χ4n) is 0.978. The summed E-state index contributed by atoms with van der Waals surface area (Å²) in [5.41, 5.74) is 0. The zero-order valence-corrected chi connectivity index (χ0v) is 7.84. The largest absolute Gasteiger partial charge is 0.527 e. The fraction of sp³-hybridized carbons (Fsp3) is 1.00. The van der Waals surface area contributed by atoms with Crippen molar-refractivity contribution in [3.8, 4) is 0 Å². The monoisotopic (exact) mass is 174 g/mol. The van der Waals surface area contributed by atoms with Crippen LogP contribution in [0.15, 0.2) is 0 Å². The zero-order valence-electron chi connectivity index (χ0n) is 6.84. The molecule has 1 heterocycles. The maximum absolute atomic E-state index is 10.8. The van der Waals surface area contributed by atoms with Gasteiger partial charge in [0.25, 0.3) is 0 Å². The van der Waals surface area contributed by atoms with Crippen LogP contribution in [0.3, 0.4) is 0 Å². The maximum atomic E-state index is 10.8. The van der Waals surface area contributed by atoms with E-state index >= 15 is 0 Å². The van der Waals surface area contributed by atoms with E-state index in [1.807, 2.05) is 0 Å². The first-order chi connectivity index (χ1) is 5.33. The van der Waals surface area contributed by atoms with Crippen LogP contribution < -0.4 is 0 Å². The van der Waals surface area contributed by atoms with Crippen molar-refractivity contribution in [1.29, 1.82) is 0 Å². The molecule has 64 valence electrons. The number of epoxide rings is 1. The van der Waals surface area contributed by atoms with Gasteiger partial charge in [-0.15, -0.1) is 0 Å². The predicted octanol–water partition coefficient (Wildman–Crippen LogP) is 1.12. The van der Waals surface area contributed by atoms with Gasteiger partial charge < -0.3 is 13.6 Å². The van der Waals surface area contributed by atoms with Gasteiger partial charge in [-0.1, -0.05) is 6.42 Å². The lowest BCUT2D eigenvalue weighted by atomic mass is 10.2. The summed E-state index contributed by atoms with van der Waals surface area (Å²) in [4.78, 5) is 0. The van der Waals surface area contributed by atoms with E-state index in [0.29, 0.717) is 6.10 Å². The number of hydrogen-bond acceptors (Lipinski definition) is 3. The van der Waals surface area contributed by atoms with Crippen LogP contribution in [0.5, 0.6) is 0 Å². The van der Waals surface area contributed by atoms with Crippen molar-refractivity contribution in [3.63, 3.8) is 0 Å². The Balaban J connectivity index is 1.82. The molecule has 11 heavy (non-hydrogen) atoms. The van der Waals surface area contributed by atoms with Crippen LogP contribution in [0.2, 0.25) is 6.04 Å². The van der Waals surface area contributed by atoms with E-state index in [1.165, 1.54) is 7.11 Å². The van der Waals surface area contributed by atoms with Gasteiger partial charge in [0.1, 0.15) is 0 Å². The predicted molar refractivity (Wildman–Crippen MR) is 41.8 cm³/mol. The highest BCUT2D eigenvalue weighted by atomic mass is 28.3. The van der Waals surface area contributed by atoms with E-state index in [-0.39, 0.29) is 0 Å². The van der Waals surface area contributed by atoms with Gasteiger partial charge in [-0.05, 0) is 12.8 Å². The van der Waals surface area contributed by atoms with Crippen LogP contribution in [0.1, 0.15) is 19.3 Å². The minimum absolute atomic E-state index is 0.514. The van der Waals surface area contributed by atoms with Crippen molar-refractivity contribution in [3.05, 3.63) is 0 Å². The summed E-state index contributed by atoms with van der Waals surface area (Å²) in [5, 5.41) is 0. The second-order valence-corrected chi connectivity index (χ2v) is 4.43. The number of rotatable bonds is 6. The molecule has 1 aliphatic heterocycles. The smallest absolute Gasteiger partial charge is 0.502 e. The minimum Gasteiger partial charge on any atom is -0.527 e. The Labute approximate surface area is 68.5 Å². The van der Waals surface area contributed by atoms with Crippen LogP contribution in [0, 0.1) is 0 Å². The van der Waals surface area contributed by atoms with Gasteiger partial charge in [0.05, 0.1) is 19.8 Å². The van der Waals surface area contributed by atoms with E-state index in [9.17, 15) is 4.46 Å². The molecule has 0 aromatic rings. The summed E-state index contributed by atoms with van der Waals surface area (Å²) in [7, 11) is -0.192. The summed E-state index contributed by atoms with van der Waals surface area (Å²) in [6.07, 6.45) is 3.76. The average molecular weight is 174 g/mol. The van der Waals surface area contributed by atoms with Crippen LogP contribution in [0.25, 0.3) is 0 Å². The zero-order chi connectivity index (χ0) is 8.10. The molecule has 0 aromatic carbocycles. The van der Waals surface area contributed by atoms with Crippen LogP contribution in [0.4, 0.5) is 0 Å². The summed E-state index contributed by atoms with van der Waals surface area (Å²) in [6, 6.07) is 0.730. The van der Waals surface area contributed by atoms with Crippen molar-refractivity contribution in [1.82, 2.24) is 0 Å². The van der Waals surface area contributed by atoms with Crippen LogP contribution in [-0.4, -0.2) is 28.7 Å². The second-order valence-electron chi connectivity index (χ2n) is 2.78. The quantitative estimate of drug-likeness (QED) is 0.344. The molecule has 0 amide bonds. The molecule has 1 saturated heterocycles. The van der Waals surface area contributed by atoms with Gasteiger partial charge in [0.15, 0.2) is 0 Å². The summed E-state index contributed by atoms with van der Waals surface area (Å²) < 4.78 is 20.5. The summed E-state index contributed by atoms with van der Waals surface area (Å²) in [5.74, 6) is 0. The van der Waals surface area contributed by atoms with Crippen LogP contribution >= 0.6 is 0 Å². The highest BCUT2D eigenvalue weighted by molar-refractivity contribution is 6.34. The molecular weight excluding hydrogens is 160 g/mol. The lowest BCUT2D eigenvalue weighted by Gasteiger charge is -1.95. The van der Waals surface area contributed by atoms with E-state index in [1.54, 1.807) is 0 Å². The standard InChI is InChI=1S/C7H14O3Si/c1-9-11(8)5-3-2-4-7-6-10-7/h7H,2-6H2,1H3. The van der Waals surface area contributed by atoms with E-state index < -0.39 is 8.93 Å². The number of ether oxygens (including phenoxy) is 1. The highest BCUT2D eigenvalue weighted by Gasteiger charge is 2.21. The Morgan fingerprint density at radius 3 is 2.91 bits per heavy atom. The Morgan fingerprint density at radius 2 is 2.36 bits per heavy atom. The third-order valence-electron chi connectivity index (χ3n) is 1.79. The molecule has 1 atom stereocenters. The van der Waals surface area contributed by atoms with Crippen molar-refractivity contribution in [2.45, 2.75) is 31.4 Å². The van der Waals surface area contributed by atoms with Crippen molar-refractivity contribution < 1.29 is 13.6 Å². The van der Waals surface area contributed by atoms with E-state index in [0.717, 1.165) is 31.9 Å². The molecule has 0 spiro atoms. The molecule has 1 unspecified atom stereocenters. The molecule has 3 nitrogen and oxygen atoms in total. The Hall–Kier alpha value is -0.223. The lowest BCUT2D eigenvalue weighted by molar-refractivity contribution is 0.358. The molecule has 4 heteroatoms. The maximum Gasteiger partial charge on any atom is 0.502 e. The summed E-state index contributed by atoms with van der Waals surface area (Å²) >= 11 is 0. The molecule has 1 rings (SSSR count). The molecular formula is C7H14O3Si. The third kappa shape index (κ3) is 4.26. The van der Waals surface area contributed by atoms with E-state index in [2.05, 4.69) is 4.43 Å². The molecule has 0 saturated carbocycles. The minimum atomic E-state index is -1.70. The van der Waals surface area contributed by atoms with Gasteiger partial charge >= 0.3 is 8.93 Å². The fourth-order valence-corrected chi connectivity index (χ4v) is 1.72. The Bertz CT molecular complexity index is 134. The van der Waals surface area contributed by atoms with Crippen molar-refractivity contribution in [2.75, 3.05) is 13.7 Å². The van der Waals surface area contributed by atoms with Gasteiger partial charge in [-0.25, -0.2) is 0 Å². The molecule has 0 aromatic heterocycles. The van der Waals surface area contributed by atoms with Crippen molar-refractivity contribution in [2.24, 2.45) is 0 Å². The SMILES string of the molecule is CO[Si](=O)CCCCC1CO1. The van der Waals surface area contributed by atoms with Gasteiger partial charge in [-0.3, -0.25) is 0 Å². The molecule has 0 N–H and O–H groups in total. The number of unbranched alkanes of at least 4 members (excludes halogenated alkanes) is 1. The van der Waals surface area contributed by atoms with Crippen molar-refractivity contribution >= 4 is 8.93 Å². The first-order valence-electron chi connectivity index (χ1n) is 4.01. The topological polar surface area (TPSA) is 38.8 Å². The first kappa shape index (κ1) is 8.87. The normalized spacial score (nSPS) is 21.4. The third-order valence-corrected chi connectivity index (χ3v) is 3.00. The van der Waals surface area contributed by atoms with Crippen LogP contribution in [-0.2, 0) is 13.6 Å². The lowest BCUT2D eigenvalue weighted by Crippen LogP contribution is -2.01. The Morgan fingerprint density at radius 1 is 1.64 bits per heavy atom. The second kappa shape index (κ2) is 4.61. The molecule has 0 aliphatic carbocycles. The van der Waals surface area contributed by atoms with Gasteiger partial charge in [0.2, 0.25) is 0 Å². The van der Waals surface area contributed by atoms with E-state index in [4.69, 9.17) is 4.74 Å².